The van der Waals surface area contributed by atoms with E-state index in [0.29, 0.717) is 28.1 Å². The largest absolute Gasteiger partial charge is 0.383 e. The topological polar surface area (TPSA) is 87.2 Å². The van der Waals surface area contributed by atoms with Crippen LogP contribution in [-0.2, 0) is 0 Å². The number of hydrogen-bond donors (Lipinski definition) is 1. The van der Waals surface area contributed by atoms with E-state index in [0.717, 1.165) is 0 Å². The van der Waals surface area contributed by atoms with E-state index in [-0.39, 0.29) is 5.78 Å². The Labute approximate surface area is 128 Å². The number of pyridine rings is 1. The van der Waals surface area contributed by atoms with Crippen LogP contribution in [0, 0.1) is 0 Å². The van der Waals surface area contributed by atoms with Crippen LogP contribution in [0.25, 0.3) is 17.2 Å². The average molecular weight is 303 g/mol. The summed E-state index contributed by atoms with van der Waals surface area (Å²) in [4.78, 5) is 18.3. The van der Waals surface area contributed by atoms with Gasteiger partial charge in [0, 0.05) is 20.3 Å². The van der Waals surface area contributed by atoms with Crippen molar-refractivity contribution in [3.05, 3.63) is 17.5 Å². The summed E-state index contributed by atoms with van der Waals surface area (Å²) in [6, 6.07) is 0. The van der Waals surface area contributed by atoms with Crippen molar-refractivity contribution in [3.63, 3.8) is 0 Å². The second-order valence-electron chi connectivity index (χ2n) is 5.26. The van der Waals surface area contributed by atoms with Gasteiger partial charge in [0.15, 0.2) is 11.5 Å². The summed E-state index contributed by atoms with van der Waals surface area (Å²) in [6.07, 6.45) is 5.29. The molecule has 0 bridgehead atoms. The summed E-state index contributed by atoms with van der Waals surface area (Å²) < 4.78 is 6.57. The number of rotatable bonds is 5. The normalized spacial score (nSPS) is 11.0. The molecule has 0 saturated heterocycles. The highest BCUT2D eigenvalue weighted by molar-refractivity contribution is 6.09. The third kappa shape index (κ3) is 3.27. The van der Waals surface area contributed by atoms with Crippen LogP contribution in [0.1, 0.15) is 23.0 Å². The lowest BCUT2D eigenvalue weighted by Crippen LogP contribution is -2.13. The van der Waals surface area contributed by atoms with Gasteiger partial charge in [-0.3, -0.25) is 9.37 Å². The average Bonchev–Trinajstić information content (AvgIpc) is 2.89. The van der Waals surface area contributed by atoms with Crippen molar-refractivity contribution >= 4 is 35.0 Å². The molecule has 0 aromatic carbocycles. The minimum atomic E-state index is -0.120. The molecule has 2 rings (SSSR count). The summed E-state index contributed by atoms with van der Waals surface area (Å²) in [7, 11) is 7.51. The van der Waals surface area contributed by atoms with E-state index in [9.17, 15) is 4.79 Å². The Bertz CT molecular complexity index is 756. The number of carbonyl (C=O) groups is 1. The fraction of sp³-hybridized carbons (Fsp3) is 0.357. The Kier molecular flexibility index (Phi) is 4.50. The second-order valence-corrected chi connectivity index (χ2v) is 5.26. The molecule has 0 amide bonds. The van der Waals surface area contributed by atoms with Crippen LogP contribution in [0.15, 0.2) is 10.8 Å². The lowest BCUT2D eigenvalue weighted by atomic mass is 10.1. The molecule has 0 atom stereocenters. The lowest BCUT2D eigenvalue weighted by Gasteiger charge is -2.08. The molecular weight excluding hydrogens is 284 g/mol. The van der Waals surface area contributed by atoms with Gasteiger partial charge in [-0.05, 0) is 23.3 Å². The molecule has 1 N–H and O–H groups in total. The van der Waals surface area contributed by atoms with Crippen molar-refractivity contribution < 1.29 is 14.0 Å². The first-order valence-corrected chi connectivity index (χ1v) is 6.68. The van der Waals surface area contributed by atoms with Crippen molar-refractivity contribution in [2.75, 3.05) is 33.5 Å². The van der Waals surface area contributed by atoms with Gasteiger partial charge in [0.05, 0.1) is 25.4 Å². The summed E-state index contributed by atoms with van der Waals surface area (Å²) >= 11 is 0. The van der Waals surface area contributed by atoms with Gasteiger partial charge in [0.25, 0.3) is 0 Å². The summed E-state index contributed by atoms with van der Waals surface area (Å²) in [5.41, 5.74) is 2.26. The lowest BCUT2D eigenvalue weighted by molar-refractivity contribution is -0.459. The molecule has 116 valence electrons. The van der Waals surface area contributed by atoms with Crippen molar-refractivity contribution in [1.29, 1.82) is 0 Å². The SMILES string of the molecule is CC(=O)c1c(C=CN(C)C)nc2nonc2c1NC=[N+](C)C. The number of nitrogens with zero attached hydrogens (tertiary/aromatic N) is 5. The predicted molar refractivity (Wildman–Crippen MR) is 84.1 cm³/mol. The van der Waals surface area contributed by atoms with Gasteiger partial charge >= 0.3 is 0 Å². The molecule has 0 aliphatic rings. The zero-order valence-corrected chi connectivity index (χ0v) is 13.3. The Morgan fingerprint density at radius 2 is 2.05 bits per heavy atom. The molecule has 2 aromatic rings. The molecule has 8 heteroatoms. The quantitative estimate of drug-likeness (QED) is 0.382. The molecule has 0 fully saturated rings. The van der Waals surface area contributed by atoms with Crippen LogP contribution in [0.2, 0.25) is 0 Å². The molecule has 0 radical (unpaired) electrons. The highest BCUT2D eigenvalue weighted by Gasteiger charge is 2.23. The van der Waals surface area contributed by atoms with Crippen molar-refractivity contribution in [2.45, 2.75) is 6.92 Å². The van der Waals surface area contributed by atoms with Gasteiger partial charge in [-0.2, -0.15) is 0 Å². The van der Waals surface area contributed by atoms with Crippen LogP contribution in [0.4, 0.5) is 5.69 Å². The minimum Gasteiger partial charge on any atom is -0.383 e. The van der Waals surface area contributed by atoms with E-state index >= 15 is 0 Å². The number of ketones is 1. The molecule has 8 nitrogen and oxygen atoms in total. The van der Waals surface area contributed by atoms with E-state index in [1.54, 1.807) is 12.4 Å². The Morgan fingerprint density at radius 1 is 1.32 bits per heavy atom. The van der Waals surface area contributed by atoms with E-state index in [1.165, 1.54) is 6.92 Å². The third-order valence-corrected chi connectivity index (χ3v) is 2.79. The first-order valence-electron chi connectivity index (χ1n) is 6.68. The van der Waals surface area contributed by atoms with Gasteiger partial charge < -0.3 is 4.90 Å². The van der Waals surface area contributed by atoms with E-state index in [1.807, 2.05) is 43.9 Å². The molecular formula is C14H19N6O2+. The molecule has 2 aromatic heterocycles. The van der Waals surface area contributed by atoms with Gasteiger partial charge in [0.2, 0.25) is 17.5 Å². The molecule has 0 aliphatic heterocycles. The zero-order chi connectivity index (χ0) is 16.3. The highest BCUT2D eigenvalue weighted by atomic mass is 16.6. The Hall–Kier alpha value is -2.77. The summed E-state index contributed by atoms with van der Waals surface area (Å²) in [5.74, 6) is -0.120. The molecule has 22 heavy (non-hydrogen) atoms. The Balaban J connectivity index is 2.71. The number of hydrogen-bond acceptors (Lipinski definition) is 6. The maximum atomic E-state index is 12.1. The van der Waals surface area contributed by atoms with Crippen molar-refractivity contribution in [2.24, 2.45) is 0 Å². The molecule has 0 saturated carbocycles. The van der Waals surface area contributed by atoms with Crippen LogP contribution < -0.4 is 5.32 Å². The molecule has 2 heterocycles. The second kappa shape index (κ2) is 6.33. The fourth-order valence-corrected chi connectivity index (χ4v) is 1.86. The molecule has 0 unspecified atom stereocenters. The number of aromatic nitrogens is 3. The highest BCUT2D eigenvalue weighted by Crippen LogP contribution is 2.27. The summed E-state index contributed by atoms with van der Waals surface area (Å²) in [6.45, 7) is 1.49. The van der Waals surface area contributed by atoms with Gasteiger partial charge in [-0.15, -0.1) is 0 Å². The number of anilines is 1. The van der Waals surface area contributed by atoms with Gasteiger partial charge in [-0.1, -0.05) is 0 Å². The maximum absolute atomic E-state index is 12.1. The number of carbonyl (C=O) groups excluding carboxylic acids is 1. The Morgan fingerprint density at radius 3 is 2.64 bits per heavy atom. The molecule has 0 spiro atoms. The van der Waals surface area contributed by atoms with Gasteiger partial charge in [-0.25, -0.2) is 14.9 Å². The smallest absolute Gasteiger partial charge is 0.236 e. The minimum absolute atomic E-state index is 0.120. The zero-order valence-electron chi connectivity index (χ0n) is 13.3. The number of Topliss-reactive ketones (excluding diaryl/α,β-unsaturated/α-hetero) is 1. The number of fused-ring (bicyclic) bond motifs is 1. The van der Waals surface area contributed by atoms with Crippen molar-refractivity contribution in [3.8, 4) is 0 Å². The van der Waals surface area contributed by atoms with Crippen LogP contribution in [-0.4, -0.2) is 65.1 Å². The van der Waals surface area contributed by atoms with Gasteiger partial charge in [0.1, 0.15) is 0 Å². The standard InChI is InChI=1S/C14H18N6O2/c1-9(21)11-10(6-7-19(2)3)16-14-13(17-22-18-14)12(11)15-8-20(4)5/h6-8H,1-5H3/p+1. The predicted octanol–water partition coefficient (Wildman–Crippen LogP) is 1.06. The number of nitrogens with one attached hydrogen (secondary N) is 1. The van der Waals surface area contributed by atoms with E-state index < -0.39 is 0 Å². The first kappa shape index (κ1) is 15.6. The van der Waals surface area contributed by atoms with Crippen LogP contribution in [0.3, 0.4) is 0 Å². The van der Waals surface area contributed by atoms with Crippen molar-refractivity contribution in [1.82, 2.24) is 20.2 Å². The third-order valence-electron chi connectivity index (χ3n) is 2.79. The van der Waals surface area contributed by atoms with E-state index in [4.69, 9.17) is 4.63 Å². The molecule has 0 aliphatic carbocycles. The first-order chi connectivity index (χ1) is 10.4. The summed E-state index contributed by atoms with van der Waals surface area (Å²) in [5, 5.41) is 10.7. The van der Waals surface area contributed by atoms with Crippen LogP contribution >= 0.6 is 0 Å². The monoisotopic (exact) mass is 303 g/mol. The van der Waals surface area contributed by atoms with Crippen LogP contribution in [0.5, 0.6) is 0 Å². The fourth-order valence-electron chi connectivity index (χ4n) is 1.86. The van der Waals surface area contributed by atoms with E-state index in [2.05, 4.69) is 20.6 Å². The maximum Gasteiger partial charge on any atom is 0.236 e.